The molecule has 0 aliphatic carbocycles. The van der Waals surface area contributed by atoms with Crippen LogP contribution in [0.1, 0.15) is 40.5 Å². The Morgan fingerprint density at radius 1 is 1.12 bits per heavy atom. The first-order valence-electron chi connectivity index (χ1n) is 5.93. The van der Waals surface area contributed by atoms with Crippen molar-refractivity contribution in [3.05, 3.63) is 12.7 Å². The first-order valence-corrected chi connectivity index (χ1v) is 5.93. The van der Waals surface area contributed by atoms with E-state index in [0.29, 0.717) is 5.95 Å². The first-order chi connectivity index (χ1) is 7.83. The second-order valence-corrected chi connectivity index (χ2v) is 5.96. The third-order valence-corrected chi connectivity index (χ3v) is 3.36. The van der Waals surface area contributed by atoms with Gasteiger partial charge in [-0.3, -0.25) is 0 Å². The van der Waals surface area contributed by atoms with Crippen molar-refractivity contribution >= 4 is 5.95 Å². The van der Waals surface area contributed by atoms with E-state index in [1.165, 1.54) is 12.7 Å². The van der Waals surface area contributed by atoms with Crippen LogP contribution in [-0.2, 0) is 0 Å². The zero-order valence-corrected chi connectivity index (χ0v) is 10.9. The molecule has 1 aliphatic heterocycles. The smallest absolute Gasteiger partial charge is 0.229 e. The van der Waals surface area contributed by atoms with Gasteiger partial charge in [-0.05, 0) is 40.5 Å². The molecular formula is C12H20N4O. The topological polar surface area (TPSA) is 62.1 Å². The van der Waals surface area contributed by atoms with Gasteiger partial charge < -0.3 is 10.0 Å². The fourth-order valence-electron chi connectivity index (χ4n) is 3.12. The molecule has 1 saturated heterocycles. The summed E-state index contributed by atoms with van der Waals surface area (Å²) in [5.74, 6) is 0.682. The molecule has 1 N–H and O–H groups in total. The lowest BCUT2D eigenvalue weighted by molar-refractivity contribution is 0.0637. The quantitative estimate of drug-likeness (QED) is 0.798. The minimum Gasteiger partial charge on any atom is -0.393 e. The number of anilines is 1. The van der Waals surface area contributed by atoms with Crippen LogP contribution in [0, 0.1) is 0 Å². The van der Waals surface area contributed by atoms with E-state index in [4.69, 9.17) is 0 Å². The number of hydrogen-bond acceptors (Lipinski definition) is 5. The van der Waals surface area contributed by atoms with Crippen molar-refractivity contribution in [2.24, 2.45) is 0 Å². The van der Waals surface area contributed by atoms with Crippen molar-refractivity contribution in [2.75, 3.05) is 4.90 Å². The third kappa shape index (κ3) is 2.24. The predicted octanol–water partition coefficient (Wildman–Crippen LogP) is 1.39. The molecule has 0 spiro atoms. The average molecular weight is 236 g/mol. The Labute approximate surface area is 102 Å². The minimum absolute atomic E-state index is 0.164. The van der Waals surface area contributed by atoms with Crippen LogP contribution in [0.15, 0.2) is 12.7 Å². The van der Waals surface area contributed by atoms with E-state index in [0.717, 1.165) is 12.8 Å². The molecule has 0 bridgehead atoms. The van der Waals surface area contributed by atoms with Gasteiger partial charge >= 0.3 is 0 Å². The Morgan fingerprint density at radius 3 is 2.06 bits per heavy atom. The lowest BCUT2D eigenvalue weighted by Crippen LogP contribution is -2.62. The van der Waals surface area contributed by atoms with Gasteiger partial charge in [-0.15, -0.1) is 0 Å². The number of aliphatic hydroxyl groups excluding tert-OH is 1. The van der Waals surface area contributed by atoms with E-state index in [2.05, 4.69) is 47.5 Å². The number of aromatic nitrogens is 3. The number of rotatable bonds is 1. The molecular weight excluding hydrogens is 216 g/mol. The molecule has 0 aromatic carbocycles. The van der Waals surface area contributed by atoms with Crippen LogP contribution in [0.5, 0.6) is 0 Å². The summed E-state index contributed by atoms with van der Waals surface area (Å²) in [6, 6.07) is 0. The molecule has 0 unspecified atom stereocenters. The van der Waals surface area contributed by atoms with Gasteiger partial charge in [0.1, 0.15) is 12.7 Å². The van der Waals surface area contributed by atoms with E-state index in [1.807, 2.05) is 0 Å². The van der Waals surface area contributed by atoms with Crippen LogP contribution in [0.25, 0.3) is 0 Å². The molecule has 1 aromatic rings. The molecule has 1 fully saturated rings. The molecule has 2 heterocycles. The highest BCUT2D eigenvalue weighted by molar-refractivity contribution is 5.39. The Kier molecular flexibility index (Phi) is 2.81. The van der Waals surface area contributed by atoms with Crippen LogP contribution >= 0.6 is 0 Å². The SMILES string of the molecule is CC1(C)CC(O)CC(C)(C)N1c1ncncn1. The Morgan fingerprint density at radius 2 is 1.59 bits per heavy atom. The summed E-state index contributed by atoms with van der Waals surface area (Å²) in [7, 11) is 0. The number of piperidine rings is 1. The van der Waals surface area contributed by atoms with Gasteiger partial charge in [-0.2, -0.15) is 0 Å². The van der Waals surface area contributed by atoms with Crippen LogP contribution < -0.4 is 4.90 Å². The minimum atomic E-state index is -0.266. The molecule has 1 aliphatic rings. The van der Waals surface area contributed by atoms with Crippen molar-refractivity contribution in [3.8, 4) is 0 Å². The lowest BCUT2D eigenvalue weighted by atomic mass is 9.78. The summed E-state index contributed by atoms with van der Waals surface area (Å²) in [6.07, 6.45) is 4.21. The van der Waals surface area contributed by atoms with Crippen LogP contribution in [0.3, 0.4) is 0 Å². The Bertz CT molecular complexity index is 373. The maximum atomic E-state index is 9.97. The van der Waals surface area contributed by atoms with E-state index < -0.39 is 0 Å². The highest BCUT2D eigenvalue weighted by Crippen LogP contribution is 2.40. The van der Waals surface area contributed by atoms with E-state index in [-0.39, 0.29) is 17.2 Å². The maximum Gasteiger partial charge on any atom is 0.229 e. The summed E-state index contributed by atoms with van der Waals surface area (Å²) >= 11 is 0. The van der Waals surface area contributed by atoms with Crippen molar-refractivity contribution in [3.63, 3.8) is 0 Å². The molecule has 94 valence electrons. The highest BCUT2D eigenvalue weighted by atomic mass is 16.3. The Balaban J connectivity index is 2.42. The maximum absolute atomic E-state index is 9.97. The third-order valence-electron chi connectivity index (χ3n) is 3.36. The summed E-state index contributed by atoms with van der Waals surface area (Å²) in [5, 5.41) is 9.97. The zero-order chi connectivity index (χ0) is 12.7. The fourth-order valence-corrected chi connectivity index (χ4v) is 3.12. The monoisotopic (exact) mass is 236 g/mol. The van der Waals surface area contributed by atoms with Crippen LogP contribution in [0.2, 0.25) is 0 Å². The van der Waals surface area contributed by atoms with Gasteiger partial charge in [0, 0.05) is 11.1 Å². The van der Waals surface area contributed by atoms with Crippen molar-refractivity contribution in [1.82, 2.24) is 15.0 Å². The standard InChI is InChI=1S/C12H20N4O/c1-11(2)5-9(17)6-12(3,4)16(11)10-14-7-13-8-15-10/h7-9,17H,5-6H2,1-4H3. The van der Waals surface area contributed by atoms with Crippen LogP contribution in [0.4, 0.5) is 5.95 Å². The number of hydrogen-bond donors (Lipinski definition) is 1. The number of nitrogens with zero attached hydrogens (tertiary/aromatic N) is 4. The fraction of sp³-hybridized carbons (Fsp3) is 0.750. The molecule has 0 saturated carbocycles. The molecule has 0 amide bonds. The second-order valence-electron chi connectivity index (χ2n) is 5.96. The summed E-state index contributed by atoms with van der Waals surface area (Å²) < 4.78 is 0. The zero-order valence-electron chi connectivity index (χ0n) is 10.9. The average Bonchev–Trinajstić information content (AvgIpc) is 2.14. The van der Waals surface area contributed by atoms with Gasteiger partial charge in [0.2, 0.25) is 5.95 Å². The summed E-state index contributed by atoms with van der Waals surface area (Å²) in [4.78, 5) is 14.5. The van der Waals surface area contributed by atoms with E-state index >= 15 is 0 Å². The highest BCUT2D eigenvalue weighted by Gasteiger charge is 2.46. The largest absolute Gasteiger partial charge is 0.393 e. The predicted molar refractivity (Wildman–Crippen MR) is 65.7 cm³/mol. The molecule has 2 rings (SSSR count). The van der Waals surface area contributed by atoms with Gasteiger partial charge in [-0.1, -0.05) is 0 Å². The summed E-state index contributed by atoms with van der Waals surface area (Å²) in [5.41, 5.74) is -0.328. The molecule has 5 heteroatoms. The number of aliphatic hydroxyl groups is 1. The van der Waals surface area contributed by atoms with Crippen molar-refractivity contribution in [2.45, 2.75) is 57.7 Å². The molecule has 0 atom stereocenters. The van der Waals surface area contributed by atoms with Gasteiger partial charge in [-0.25, -0.2) is 15.0 Å². The van der Waals surface area contributed by atoms with Crippen LogP contribution in [-0.4, -0.2) is 37.2 Å². The Hall–Kier alpha value is -1.23. The lowest BCUT2D eigenvalue weighted by Gasteiger charge is -2.54. The van der Waals surface area contributed by atoms with Gasteiger partial charge in [0.05, 0.1) is 6.10 Å². The molecule has 17 heavy (non-hydrogen) atoms. The first kappa shape index (κ1) is 12.2. The normalized spacial score (nSPS) is 23.7. The van der Waals surface area contributed by atoms with Crippen molar-refractivity contribution in [1.29, 1.82) is 0 Å². The van der Waals surface area contributed by atoms with Gasteiger partial charge in [0.25, 0.3) is 0 Å². The molecule has 5 nitrogen and oxygen atoms in total. The molecule has 1 aromatic heterocycles. The molecule has 0 radical (unpaired) electrons. The van der Waals surface area contributed by atoms with Crippen molar-refractivity contribution < 1.29 is 5.11 Å². The van der Waals surface area contributed by atoms with Gasteiger partial charge in [0.15, 0.2) is 0 Å². The van der Waals surface area contributed by atoms with E-state index in [1.54, 1.807) is 0 Å². The summed E-state index contributed by atoms with van der Waals surface area (Å²) in [6.45, 7) is 8.45. The van der Waals surface area contributed by atoms with E-state index in [9.17, 15) is 5.11 Å². The second kappa shape index (κ2) is 3.91.